The van der Waals surface area contributed by atoms with E-state index >= 15 is 0 Å². The lowest BCUT2D eigenvalue weighted by Gasteiger charge is -2.30. The van der Waals surface area contributed by atoms with E-state index in [1.807, 2.05) is 6.07 Å². The second-order valence-corrected chi connectivity index (χ2v) is 4.39. The summed E-state index contributed by atoms with van der Waals surface area (Å²) in [5.74, 6) is 0.902. The molecule has 2 rings (SSSR count). The fraction of sp³-hybridized carbons (Fsp3) is 0.571. The number of aryl methyl sites for hydroxylation is 1. The normalized spacial score (nSPS) is 15.8. The number of rotatable bonds is 5. The van der Waals surface area contributed by atoms with Gasteiger partial charge in [0.25, 0.3) is 0 Å². The van der Waals surface area contributed by atoms with Crippen LogP contribution in [0.1, 0.15) is 5.56 Å². The molecule has 0 spiro atoms. The number of hydrogen-bond donors (Lipinski definition) is 0. The largest absolute Gasteiger partial charge is 0.491 e. The van der Waals surface area contributed by atoms with Crippen LogP contribution in [0.25, 0.3) is 0 Å². The predicted octanol–water partition coefficient (Wildman–Crippen LogP) is 1.86. The van der Waals surface area contributed by atoms with E-state index in [0.29, 0.717) is 13.2 Å². The Bertz CT molecular complexity index is 375. The van der Waals surface area contributed by atoms with Crippen molar-refractivity contribution < 1.29 is 14.2 Å². The minimum Gasteiger partial charge on any atom is -0.491 e. The summed E-state index contributed by atoms with van der Waals surface area (Å²) in [5, 5.41) is 0. The highest BCUT2D eigenvalue weighted by Crippen LogP contribution is 2.26. The van der Waals surface area contributed by atoms with Crippen molar-refractivity contribution in [2.75, 3.05) is 51.5 Å². The van der Waals surface area contributed by atoms with Crippen LogP contribution in [0, 0.1) is 6.92 Å². The SMILES string of the molecule is COCCOc1ccc(C)c(N2CCOCC2)c1. The molecule has 4 nitrogen and oxygen atoms in total. The number of ether oxygens (including phenoxy) is 3. The Balaban J connectivity index is 2.05. The Morgan fingerprint density at radius 2 is 2.00 bits per heavy atom. The first kappa shape index (κ1) is 13.2. The molecule has 0 amide bonds. The quantitative estimate of drug-likeness (QED) is 0.747. The zero-order valence-corrected chi connectivity index (χ0v) is 11.1. The maximum atomic E-state index is 5.65. The molecule has 18 heavy (non-hydrogen) atoms. The minimum absolute atomic E-state index is 0.585. The molecule has 100 valence electrons. The topological polar surface area (TPSA) is 30.9 Å². The molecule has 0 unspecified atom stereocenters. The lowest BCUT2D eigenvalue weighted by Crippen LogP contribution is -2.36. The summed E-state index contributed by atoms with van der Waals surface area (Å²) >= 11 is 0. The van der Waals surface area contributed by atoms with Gasteiger partial charge < -0.3 is 19.1 Å². The average Bonchev–Trinajstić information content (AvgIpc) is 2.42. The maximum Gasteiger partial charge on any atom is 0.121 e. The van der Waals surface area contributed by atoms with E-state index in [2.05, 4.69) is 24.0 Å². The summed E-state index contributed by atoms with van der Waals surface area (Å²) in [6, 6.07) is 6.22. The number of hydrogen-bond acceptors (Lipinski definition) is 4. The standard InChI is InChI=1S/C14H21NO3/c1-12-3-4-13(18-10-9-16-2)11-14(12)15-5-7-17-8-6-15/h3-4,11H,5-10H2,1-2H3. The van der Waals surface area contributed by atoms with E-state index < -0.39 is 0 Å². The Morgan fingerprint density at radius 3 is 2.72 bits per heavy atom. The molecule has 0 aromatic heterocycles. The highest BCUT2D eigenvalue weighted by atomic mass is 16.5. The van der Waals surface area contributed by atoms with E-state index in [9.17, 15) is 0 Å². The Labute approximate surface area is 108 Å². The maximum absolute atomic E-state index is 5.65. The van der Waals surface area contributed by atoms with Crippen LogP contribution in [-0.2, 0) is 9.47 Å². The van der Waals surface area contributed by atoms with Crippen molar-refractivity contribution in [3.05, 3.63) is 23.8 Å². The Morgan fingerprint density at radius 1 is 1.22 bits per heavy atom. The third-order valence-corrected chi connectivity index (χ3v) is 3.09. The monoisotopic (exact) mass is 251 g/mol. The smallest absolute Gasteiger partial charge is 0.121 e. The molecule has 1 aliphatic rings. The molecule has 0 atom stereocenters. The van der Waals surface area contributed by atoms with Crippen molar-refractivity contribution in [3.63, 3.8) is 0 Å². The molecule has 1 saturated heterocycles. The van der Waals surface area contributed by atoms with E-state index in [1.165, 1.54) is 11.3 Å². The van der Waals surface area contributed by atoms with E-state index in [4.69, 9.17) is 14.2 Å². The summed E-state index contributed by atoms with van der Waals surface area (Å²) in [6.07, 6.45) is 0. The lowest BCUT2D eigenvalue weighted by molar-refractivity contribution is 0.122. The van der Waals surface area contributed by atoms with Gasteiger partial charge >= 0.3 is 0 Å². The predicted molar refractivity (Wildman–Crippen MR) is 71.6 cm³/mol. The molecule has 1 aromatic rings. The molecular formula is C14H21NO3. The lowest BCUT2D eigenvalue weighted by atomic mass is 10.1. The molecule has 0 saturated carbocycles. The number of nitrogens with zero attached hydrogens (tertiary/aromatic N) is 1. The average molecular weight is 251 g/mol. The molecule has 0 aliphatic carbocycles. The van der Waals surface area contributed by atoms with Crippen LogP contribution < -0.4 is 9.64 Å². The second kappa shape index (κ2) is 6.61. The first-order valence-electron chi connectivity index (χ1n) is 6.36. The van der Waals surface area contributed by atoms with Crippen LogP contribution in [0.5, 0.6) is 5.75 Å². The molecule has 4 heteroatoms. The minimum atomic E-state index is 0.585. The van der Waals surface area contributed by atoms with Gasteiger partial charge in [-0.25, -0.2) is 0 Å². The highest BCUT2D eigenvalue weighted by Gasteiger charge is 2.13. The van der Waals surface area contributed by atoms with Crippen LogP contribution in [0.4, 0.5) is 5.69 Å². The third-order valence-electron chi connectivity index (χ3n) is 3.09. The summed E-state index contributed by atoms with van der Waals surface area (Å²) in [5.41, 5.74) is 2.52. The first-order chi connectivity index (χ1) is 8.81. The van der Waals surface area contributed by atoms with Crippen molar-refractivity contribution in [2.45, 2.75) is 6.92 Å². The second-order valence-electron chi connectivity index (χ2n) is 4.39. The van der Waals surface area contributed by atoms with Crippen molar-refractivity contribution in [2.24, 2.45) is 0 Å². The van der Waals surface area contributed by atoms with Gasteiger partial charge in [-0.05, 0) is 18.6 Å². The van der Waals surface area contributed by atoms with Gasteiger partial charge in [0.1, 0.15) is 12.4 Å². The van der Waals surface area contributed by atoms with Crippen molar-refractivity contribution >= 4 is 5.69 Å². The Kier molecular flexibility index (Phi) is 4.84. The van der Waals surface area contributed by atoms with Gasteiger partial charge in [0.2, 0.25) is 0 Å². The van der Waals surface area contributed by atoms with Gasteiger partial charge in [0.05, 0.1) is 19.8 Å². The molecule has 1 fully saturated rings. The van der Waals surface area contributed by atoms with Gasteiger partial charge in [0, 0.05) is 32.0 Å². The van der Waals surface area contributed by atoms with Gasteiger partial charge in [-0.15, -0.1) is 0 Å². The van der Waals surface area contributed by atoms with Crippen LogP contribution >= 0.6 is 0 Å². The van der Waals surface area contributed by atoms with Crippen molar-refractivity contribution in [1.29, 1.82) is 0 Å². The van der Waals surface area contributed by atoms with Crippen molar-refractivity contribution in [1.82, 2.24) is 0 Å². The van der Waals surface area contributed by atoms with Gasteiger partial charge in [0.15, 0.2) is 0 Å². The first-order valence-corrected chi connectivity index (χ1v) is 6.36. The number of methoxy groups -OCH3 is 1. The molecule has 0 N–H and O–H groups in total. The van der Waals surface area contributed by atoms with E-state index in [0.717, 1.165) is 32.1 Å². The number of benzene rings is 1. The summed E-state index contributed by atoms with van der Waals surface area (Å²) < 4.78 is 16.0. The fourth-order valence-corrected chi connectivity index (χ4v) is 2.07. The zero-order chi connectivity index (χ0) is 12.8. The molecular weight excluding hydrogens is 230 g/mol. The van der Waals surface area contributed by atoms with Gasteiger partial charge in [-0.1, -0.05) is 6.07 Å². The van der Waals surface area contributed by atoms with Crippen LogP contribution in [0.2, 0.25) is 0 Å². The van der Waals surface area contributed by atoms with Crippen LogP contribution in [0.15, 0.2) is 18.2 Å². The third kappa shape index (κ3) is 3.37. The van der Waals surface area contributed by atoms with E-state index in [-0.39, 0.29) is 0 Å². The van der Waals surface area contributed by atoms with E-state index in [1.54, 1.807) is 7.11 Å². The van der Waals surface area contributed by atoms with Crippen molar-refractivity contribution in [3.8, 4) is 5.75 Å². The molecule has 0 radical (unpaired) electrons. The Hall–Kier alpha value is -1.26. The highest BCUT2D eigenvalue weighted by molar-refractivity contribution is 5.57. The molecule has 1 heterocycles. The number of anilines is 1. The van der Waals surface area contributed by atoms with Gasteiger partial charge in [-0.2, -0.15) is 0 Å². The van der Waals surface area contributed by atoms with Gasteiger partial charge in [-0.3, -0.25) is 0 Å². The van der Waals surface area contributed by atoms with Crippen LogP contribution in [0.3, 0.4) is 0 Å². The number of morpholine rings is 1. The summed E-state index contributed by atoms with van der Waals surface area (Å²) in [6.45, 7) is 6.82. The zero-order valence-electron chi connectivity index (χ0n) is 11.1. The summed E-state index contributed by atoms with van der Waals surface area (Å²) in [7, 11) is 1.68. The molecule has 1 aliphatic heterocycles. The van der Waals surface area contributed by atoms with Crippen LogP contribution in [-0.4, -0.2) is 46.6 Å². The molecule has 0 bridgehead atoms. The summed E-state index contributed by atoms with van der Waals surface area (Å²) in [4.78, 5) is 2.35. The fourth-order valence-electron chi connectivity index (χ4n) is 2.07. The molecule has 1 aromatic carbocycles.